The van der Waals surface area contributed by atoms with Crippen LogP contribution in [0.15, 0.2) is 0 Å². The van der Waals surface area contributed by atoms with Gasteiger partial charge in [0.2, 0.25) is 5.91 Å². The fourth-order valence-corrected chi connectivity index (χ4v) is 3.39. The summed E-state index contributed by atoms with van der Waals surface area (Å²) in [5.74, 6) is 0.263. The molecule has 0 aliphatic carbocycles. The molecule has 20 heavy (non-hydrogen) atoms. The highest BCUT2D eigenvalue weighted by molar-refractivity contribution is 5.77. The van der Waals surface area contributed by atoms with E-state index in [1.807, 2.05) is 4.90 Å². The number of hydrogen-bond acceptors (Lipinski definition) is 4. The summed E-state index contributed by atoms with van der Waals surface area (Å²) in [5, 5.41) is 0. The highest BCUT2D eigenvalue weighted by atomic mass is 16.5. The Morgan fingerprint density at radius 3 is 2.65 bits per heavy atom. The Morgan fingerprint density at radius 2 is 2.10 bits per heavy atom. The van der Waals surface area contributed by atoms with Crippen molar-refractivity contribution in [2.75, 3.05) is 33.3 Å². The third kappa shape index (κ3) is 3.71. The molecule has 116 valence electrons. The lowest BCUT2D eigenvalue weighted by molar-refractivity contribution is -0.133. The number of likely N-dealkylation sites (N-methyl/N-ethyl adjacent to an activating group) is 1. The van der Waals surface area contributed by atoms with Crippen molar-refractivity contribution in [3.05, 3.63) is 0 Å². The molecule has 2 saturated heterocycles. The van der Waals surface area contributed by atoms with E-state index in [0.29, 0.717) is 19.0 Å². The summed E-state index contributed by atoms with van der Waals surface area (Å²) < 4.78 is 5.62. The van der Waals surface area contributed by atoms with Crippen LogP contribution in [0.25, 0.3) is 0 Å². The normalized spacial score (nSPS) is 28.9. The molecule has 2 fully saturated rings. The molecule has 0 radical (unpaired) electrons. The zero-order chi connectivity index (χ0) is 14.5. The van der Waals surface area contributed by atoms with Gasteiger partial charge in [-0.2, -0.15) is 0 Å². The summed E-state index contributed by atoms with van der Waals surface area (Å²) in [5.41, 5.74) is 5.91. The predicted octanol–water partition coefficient (Wildman–Crippen LogP) is 0.826. The number of carbonyl (C=O) groups excluding carboxylic acids is 1. The van der Waals surface area contributed by atoms with E-state index in [1.165, 1.54) is 6.42 Å². The molecule has 0 aromatic heterocycles. The first-order chi connectivity index (χ1) is 9.63. The van der Waals surface area contributed by atoms with Crippen LogP contribution in [0.2, 0.25) is 0 Å². The van der Waals surface area contributed by atoms with Gasteiger partial charge in [-0.05, 0) is 39.7 Å². The molecule has 3 atom stereocenters. The zero-order valence-electron chi connectivity index (χ0n) is 12.9. The van der Waals surface area contributed by atoms with Gasteiger partial charge >= 0.3 is 0 Å². The second kappa shape index (κ2) is 7.38. The maximum atomic E-state index is 12.4. The van der Waals surface area contributed by atoms with Gasteiger partial charge in [0.15, 0.2) is 0 Å². The van der Waals surface area contributed by atoms with E-state index in [0.717, 1.165) is 39.0 Å². The highest BCUT2D eigenvalue weighted by Gasteiger charge is 2.32. The van der Waals surface area contributed by atoms with E-state index in [4.69, 9.17) is 10.5 Å². The molecule has 2 aliphatic heterocycles. The number of nitrogens with two attached hydrogens (primary N) is 1. The van der Waals surface area contributed by atoms with Crippen molar-refractivity contribution >= 4 is 5.91 Å². The van der Waals surface area contributed by atoms with Gasteiger partial charge in [-0.1, -0.05) is 0 Å². The van der Waals surface area contributed by atoms with Crippen molar-refractivity contribution in [3.63, 3.8) is 0 Å². The Hall–Kier alpha value is -0.650. The van der Waals surface area contributed by atoms with Gasteiger partial charge in [0.1, 0.15) is 0 Å². The van der Waals surface area contributed by atoms with Crippen molar-refractivity contribution in [3.8, 4) is 0 Å². The summed E-state index contributed by atoms with van der Waals surface area (Å²) in [4.78, 5) is 16.7. The topological polar surface area (TPSA) is 58.8 Å². The van der Waals surface area contributed by atoms with E-state index in [2.05, 4.69) is 18.9 Å². The van der Waals surface area contributed by atoms with Gasteiger partial charge in [-0.25, -0.2) is 0 Å². The smallest absolute Gasteiger partial charge is 0.224 e. The van der Waals surface area contributed by atoms with Crippen LogP contribution in [0.1, 0.15) is 39.0 Å². The third-order valence-electron chi connectivity index (χ3n) is 4.83. The minimum atomic E-state index is 0.124. The first-order valence-corrected chi connectivity index (χ1v) is 7.95. The third-order valence-corrected chi connectivity index (χ3v) is 4.83. The molecule has 1 amide bonds. The molecule has 5 nitrogen and oxygen atoms in total. The lowest BCUT2D eigenvalue weighted by atomic mass is 10.0. The molecule has 3 unspecified atom stereocenters. The van der Waals surface area contributed by atoms with Crippen molar-refractivity contribution in [1.82, 2.24) is 9.80 Å². The van der Waals surface area contributed by atoms with Gasteiger partial charge < -0.3 is 15.4 Å². The van der Waals surface area contributed by atoms with E-state index in [1.54, 1.807) is 0 Å². The lowest BCUT2D eigenvalue weighted by Crippen LogP contribution is -2.49. The fourth-order valence-electron chi connectivity index (χ4n) is 3.39. The number of likely N-dealkylation sites (tertiary alicyclic amines) is 1. The number of rotatable bonds is 5. The summed E-state index contributed by atoms with van der Waals surface area (Å²) in [7, 11) is 2.08. The lowest BCUT2D eigenvalue weighted by Gasteiger charge is -2.35. The van der Waals surface area contributed by atoms with Gasteiger partial charge in [-0.15, -0.1) is 0 Å². The van der Waals surface area contributed by atoms with Gasteiger partial charge in [0, 0.05) is 44.7 Å². The Morgan fingerprint density at radius 1 is 1.40 bits per heavy atom. The van der Waals surface area contributed by atoms with Crippen LogP contribution >= 0.6 is 0 Å². The molecule has 2 aliphatic rings. The molecular weight excluding hydrogens is 254 g/mol. The standard InChI is InChI=1S/C15H29N3O2/c1-12-14(6-9-20-12)17(2)13(11-16)10-15(19)18-7-4-3-5-8-18/h12-14H,3-11,16H2,1-2H3. The minimum Gasteiger partial charge on any atom is -0.377 e. The van der Waals surface area contributed by atoms with Crippen LogP contribution < -0.4 is 5.73 Å². The second-order valence-electron chi connectivity index (χ2n) is 6.13. The maximum Gasteiger partial charge on any atom is 0.224 e. The van der Waals surface area contributed by atoms with Crippen LogP contribution in [0.5, 0.6) is 0 Å². The number of amides is 1. The van der Waals surface area contributed by atoms with Crippen LogP contribution in [-0.4, -0.2) is 67.2 Å². The Labute approximate surface area is 122 Å². The second-order valence-corrected chi connectivity index (χ2v) is 6.13. The average Bonchev–Trinajstić information content (AvgIpc) is 2.91. The molecule has 2 N–H and O–H groups in total. The van der Waals surface area contributed by atoms with E-state index in [-0.39, 0.29) is 18.1 Å². The monoisotopic (exact) mass is 283 g/mol. The molecule has 0 spiro atoms. The largest absolute Gasteiger partial charge is 0.377 e. The molecule has 0 aromatic carbocycles. The Balaban J connectivity index is 1.88. The van der Waals surface area contributed by atoms with Gasteiger partial charge in [-0.3, -0.25) is 9.69 Å². The summed E-state index contributed by atoms with van der Waals surface area (Å²) in [6.45, 7) is 5.28. The number of hydrogen-bond donors (Lipinski definition) is 1. The fraction of sp³-hybridized carbons (Fsp3) is 0.933. The molecule has 5 heteroatoms. The van der Waals surface area contributed by atoms with Gasteiger partial charge in [0.25, 0.3) is 0 Å². The summed E-state index contributed by atoms with van der Waals surface area (Å²) >= 11 is 0. The molecule has 2 rings (SSSR count). The molecule has 2 heterocycles. The van der Waals surface area contributed by atoms with E-state index in [9.17, 15) is 4.79 Å². The zero-order valence-corrected chi connectivity index (χ0v) is 12.9. The minimum absolute atomic E-state index is 0.124. The van der Waals surface area contributed by atoms with Gasteiger partial charge in [0.05, 0.1) is 6.10 Å². The molecule has 0 bridgehead atoms. The average molecular weight is 283 g/mol. The van der Waals surface area contributed by atoms with Crippen molar-refractivity contribution in [2.45, 2.75) is 57.2 Å². The molecule has 0 saturated carbocycles. The number of nitrogens with zero attached hydrogens (tertiary/aromatic N) is 2. The number of ether oxygens (including phenoxy) is 1. The Kier molecular flexibility index (Phi) is 5.81. The molecular formula is C15H29N3O2. The summed E-state index contributed by atoms with van der Waals surface area (Å²) in [6.07, 6.45) is 5.34. The highest BCUT2D eigenvalue weighted by Crippen LogP contribution is 2.21. The van der Waals surface area contributed by atoms with Crippen LogP contribution in [-0.2, 0) is 9.53 Å². The number of piperidine rings is 1. The first kappa shape index (κ1) is 15.7. The quantitative estimate of drug-likeness (QED) is 0.812. The SMILES string of the molecule is CC1OCCC1N(C)C(CN)CC(=O)N1CCCCC1. The van der Waals surface area contributed by atoms with Crippen LogP contribution in [0.4, 0.5) is 0 Å². The predicted molar refractivity (Wildman–Crippen MR) is 79.5 cm³/mol. The number of carbonyl (C=O) groups is 1. The summed E-state index contributed by atoms with van der Waals surface area (Å²) in [6, 6.07) is 0.510. The van der Waals surface area contributed by atoms with E-state index < -0.39 is 0 Å². The van der Waals surface area contributed by atoms with Crippen molar-refractivity contribution < 1.29 is 9.53 Å². The Bertz CT molecular complexity index is 318. The van der Waals surface area contributed by atoms with Crippen molar-refractivity contribution in [2.24, 2.45) is 5.73 Å². The molecule has 0 aromatic rings. The van der Waals surface area contributed by atoms with Crippen molar-refractivity contribution in [1.29, 1.82) is 0 Å². The van der Waals surface area contributed by atoms with E-state index >= 15 is 0 Å². The first-order valence-electron chi connectivity index (χ1n) is 7.95. The maximum absolute atomic E-state index is 12.4. The van der Waals surface area contributed by atoms with Crippen LogP contribution in [0, 0.1) is 0 Å². The van der Waals surface area contributed by atoms with Crippen LogP contribution in [0.3, 0.4) is 0 Å².